The Balaban J connectivity index is 1.87. The van der Waals surface area contributed by atoms with Crippen LogP contribution < -0.4 is 0 Å². The number of benzene rings is 1. The van der Waals surface area contributed by atoms with E-state index in [1.54, 1.807) is 12.1 Å². The fraction of sp³-hybridized carbons (Fsp3) is 0.538. The van der Waals surface area contributed by atoms with Gasteiger partial charge in [-0.15, -0.1) is 11.6 Å². The molecule has 0 saturated carbocycles. The molecule has 0 aliphatic carbocycles. The number of nitrogens with zero attached hydrogens (tertiary/aromatic N) is 1. The van der Waals surface area contributed by atoms with Gasteiger partial charge in [0, 0.05) is 12.4 Å². The van der Waals surface area contributed by atoms with E-state index >= 15 is 0 Å². The summed E-state index contributed by atoms with van der Waals surface area (Å²) >= 11 is 5.84. The van der Waals surface area contributed by atoms with Gasteiger partial charge in [0.05, 0.1) is 0 Å². The molecule has 1 aliphatic heterocycles. The number of piperidine rings is 1. The molecule has 0 radical (unpaired) electrons. The van der Waals surface area contributed by atoms with Gasteiger partial charge in [0.25, 0.3) is 0 Å². The van der Waals surface area contributed by atoms with Gasteiger partial charge >= 0.3 is 0 Å². The Kier molecular flexibility index (Phi) is 4.19. The van der Waals surface area contributed by atoms with Gasteiger partial charge in [-0.3, -0.25) is 4.90 Å². The summed E-state index contributed by atoms with van der Waals surface area (Å²) in [5, 5.41) is 0. The fourth-order valence-corrected chi connectivity index (χ4v) is 2.50. The summed E-state index contributed by atoms with van der Waals surface area (Å²) in [4.78, 5) is 2.37. The highest BCUT2D eigenvalue weighted by Crippen LogP contribution is 2.20. The van der Waals surface area contributed by atoms with E-state index in [1.165, 1.54) is 18.9 Å². The van der Waals surface area contributed by atoms with Gasteiger partial charge in [-0.05, 0) is 49.5 Å². The van der Waals surface area contributed by atoms with Crippen molar-refractivity contribution >= 4 is 11.6 Å². The summed E-state index contributed by atoms with van der Waals surface area (Å²) in [7, 11) is 0. The van der Waals surface area contributed by atoms with E-state index in [4.69, 9.17) is 11.6 Å². The largest absolute Gasteiger partial charge is 0.299 e. The molecule has 1 aromatic rings. The van der Waals surface area contributed by atoms with Crippen molar-refractivity contribution in [3.63, 3.8) is 0 Å². The van der Waals surface area contributed by atoms with Crippen LogP contribution in [0.4, 0.5) is 4.39 Å². The Morgan fingerprint density at radius 2 is 2.06 bits per heavy atom. The zero-order valence-corrected chi connectivity index (χ0v) is 10.1. The highest BCUT2D eigenvalue weighted by molar-refractivity contribution is 6.18. The van der Waals surface area contributed by atoms with Crippen LogP contribution in [0.3, 0.4) is 0 Å². The number of halogens is 2. The molecule has 16 heavy (non-hydrogen) atoms. The van der Waals surface area contributed by atoms with E-state index in [-0.39, 0.29) is 5.82 Å². The molecule has 88 valence electrons. The minimum Gasteiger partial charge on any atom is -0.299 e. The zero-order chi connectivity index (χ0) is 11.4. The third-order valence-electron chi connectivity index (χ3n) is 3.22. The van der Waals surface area contributed by atoms with E-state index in [9.17, 15) is 4.39 Å². The van der Waals surface area contributed by atoms with Crippen LogP contribution in [0.25, 0.3) is 0 Å². The molecule has 1 aliphatic rings. The molecular weight excluding hydrogens is 225 g/mol. The van der Waals surface area contributed by atoms with Crippen molar-refractivity contribution in [1.29, 1.82) is 0 Å². The van der Waals surface area contributed by atoms with Crippen molar-refractivity contribution in [2.75, 3.05) is 19.0 Å². The molecule has 1 saturated heterocycles. The van der Waals surface area contributed by atoms with E-state index in [2.05, 4.69) is 4.90 Å². The predicted molar refractivity (Wildman–Crippen MR) is 65.1 cm³/mol. The zero-order valence-electron chi connectivity index (χ0n) is 9.33. The summed E-state index contributed by atoms with van der Waals surface area (Å²) in [6, 6.07) is 6.86. The lowest BCUT2D eigenvalue weighted by Crippen LogP contribution is -2.33. The monoisotopic (exact) mass is 241 g/mol. The van der Waals surface area contributed by atoms with E-state index in [1.807, 2.05) is 6.07 Å². The maximum atomic E-state index is 13.0. The molecule has 1 aromatic carbocycles. The van der Waals surface area contributed by atoms with Crippen LogP contribution in [-0.2, 0) is 6.54 Å². The molecule has 1 heterocycles. The van der Waals surface area contributed by atoms with E-state index < -0.39 is 0 Å². The molecular formula is C13H17ClFN. The smallest absolute Gasteiger partial charge is 0.123 e. The van der Waals surface area contributed by atoms with Crippen LogP contribution in [-0.4, -0.2) is 23.9 Å². The van der Waals surface area contributed by atoms with Crippen LogP contribution >= 0.6 is 11.6 Å². The van der Waals surface area contributed by atoms with Crippen LogP contribution in [0, 0.1) is 11.7 Å². The van der Waals surface area contributed by atoms with Gasteiger partial charge < -0.3 is 0 Å². The number of hydrogen-bond acceptors (Lipinski definition) is 1. The third-order valence-corrected chi connectivity index (χ3v) is 3.66. The quantitative estimate of drug-likeness (QED) is 0.735. The first-order valence-electron chi connectivity index (χ1n) is 5.80. The van der Waals surface area contributed by atoms with Gasteiger partial charge in [-0.25, -0.2) is 4.39 Å². The molecule has 1 fully saturated rings. The topological polar surface area (TPSA) is 3.24 Å². The van der Waals surface area contributed by atoms with Crippen LogP contribution in [0.15, 0.2) is 24.3 Å². The molecule has 2 rings (SSSR count). The van der Waals surface area contributed by atoms with Gasteiger partial charge in [-0.1, -0.05) is 12.1 Å². The lowest BCUT2D eigenvalue weighted by molar-refractivity contribution is 0.186. The second-order valence-electron chi connectivity index (χ2n) is 4.50. The molecule has 0 spiro atoms. The Labute approximate surface area is 101 Å². The fourth-order valence-electron chi connectivity index (χ4n) is 2.19. The molecule has 0 N–H and O–H groups in total. The predicted octanol–water partition coefficient (Wildman–Crippen LogP) is 3.28. The maximum Gasteiger partial charge on any atom is 0.123 e. The molecule has 0 unspecified atom stereocenters. The minimum atomic E-state index is -0.145. The Morgan fingerprint density at radius 1 is 1.31 bits per heavy atom. The highest BCUT2D eigenvalue weighted by Gasteiger charge is 2.18. The molecule has 1 nitrogen and oxygen atoms in total. The average molecular weight is 242 g/mol. The Hall–Kier alpha value is -0.600. The lowest BCUT2D eigenvalue weighted by Gasteiger charge is -2.30. The first kappa shape index (κ1) is 11.9. The summed E-state index contributed by atoms with van der Waals surface area (Å²) in [5.74, 6) is 1.30. The summed E-state index contributed by atoms with van der Waals surface area (Å²) in [6.07, 6.45) is 2.33. The summed E-state index contributed by atoms with van der Waals surface area (Å²) in [5.41, 5.74) is 1.06. The SMILES string of the molecule is Fc1cccc(CN2CCC(CCl)CC2)c1. The highest BCUT2D eigenvalue weighted by atomic mass is 35.5. The van der Waals surface area contributed by atoms with Crippen molar-refractivity contribution in [2.45, 2.75) is 19.4 Å². The standard InChI is InChI=1S/C13H17ClFN/c14-9-11-4-6-16(7-5-11)10-12-2-1-3-13(15)8-12/h1-3,8,11H,4-7,9-10H2. The van der Waals surface area contributed by atoms with Crippen molar-refractivity contribution in [2.24, 2.45) is 5.92 Å². The number of likely N-dealkylation sites (tertiary alicyclic amines) is 1. The van der Waals surface area contributed by atoms with Gasteiger partial charge in [0.1, 0.15) is 5.82 Å². The molecule has 0 atom stereocenters. The first-order chi connectivity index (χ1) is 7.78. The first-order valence-corrected chi connectivity index (χ1v) is 6.34. The van der Waals surface area contributed by atoms with Crippen molar-refractivity contribution in [3.8, 4) is 0 Å². The normalized spacial score (nSPS) is 18.9. The summed E-state index contributed by atoms with van der Waals surface area (Å²) in [6.45, 7) is 3.01. The maximum absolute atomic E-state index is 13.0. The van der Waals surface area contributed by atoms with E-state index in [0.29, 0.717) is 5.92 Å². The van der Waals surface area contributed by atoms with Crippen LogP contribution in [0.1, 0.15) is 18.4 Å². The number of hydrogen-bond donors (Lipinski definition) is 0. The van der Waals surface area contributed by atoms with Gasteiger partial charge in [-0.2, -0.15) is 0 Å². The summed E-state index contributed by atoms with van der Waals surface area (Å²) < 4.78 is 13.0. The minimum absolute atomic E-state index is 0.145. The molecule has 3 heteroatoms. The third kappa shape index (κ3) is 3.19. The lowest BCUT2D eigenvalue weighted by atomic mass is 9.98. The van der Waals surface area contributed by atoms with E-state index in [0.717, 1.165) is 31.1 Å². The van der Waals surface area contributed by atoms with Crippen molar-refractivity contribution in [1.82, 2.24) is 4.90 Å². The van der Waals surface area contributed by atoms with Gasteiger partial charge in [0.2, 0.25) is 0 Å². The average Bonchev–Trinajstić information content (AvgIpc) is 2.30. The van der Waals surface area contributed by atoms with Crippen molar-refractivity contribution in [3.05, 3.63) is 35.6 Å². The second-order valence-corrected chi connectivity index (χ2v) is 4.81. The number of alkyl halides is 1. The van der Waals surface area contributed by atoms with Crippen LogP contribution in [0.2, 0.25) is 0 Å². The number of rotatable bonds is 3. The van der Waals surface area contributed by atoms with Crippen LogP contribution in [0.5, 0.6) is 0 Å². The Bertz CT molecular complexity index is 334. The second kappa shape index (κ2) is 5.65. The molecule has 0 amide bonds. The van der Waals surface area contributed by atoms with Gasteiger partial charge in [0.15, 0.2) is 0 Å². The molecule has 0 aromatic heterocycles. The molecule has 0 bridgehead atoms. The Morgan fingerprint density at radius 3 is 2.69 bits per heavy atom. The van der Waals surface area contributed by atoms with Crippen molar-refractivity contribution < 1.29 is 4.39 Å².